The summed E-state index contributed by atoms with van der Waals surface area (Å²) in [6.45, 7) is 2.01. The van der Waals surface area contributed by atoms with Gasteiger partial charge in [0.05, 0.1) is 5.56 Å². The number of carbonyl (C=O) groups is 1. The van der Waals surface area contributed by atoms with Crippen molar-refractivity contribution < 1.29 is 4.79 Å². The molecule has 1 saturated carbocycles. The molecule has 158 valence electrons. The van der Waals surface area contributed by atoms with Crippen molar-refractivity contribution in [1.29, 1.82) is 0 Å². The maximum atomic E-state index is 12.0. The van der Waals surface area contributed by atoms with E-state index in [0.717, 1.165) is 12.5 Å². The summed E-state index contributed by atoms with van der Waals surface area (Å²) in [7, 11) is 1.78. The average Bonchev–Trinajstić information content (AvgIpc) is 3.30. The molecule has 0 saturated heterocycles. The van der Waals surface area contributed by atoms with Crippen molar-refractivity contribution >= 4 is 47.2 Å². The van der Waals surface area contributed by atoms with E-state index in [4.69, 9.17) is 0 Å². The van der Waals surface area contributed by atoms with Crippen LogP contribution < -0.4 is 16.0 Å². The minimum absolute atomic E-state index is 0. The Labute approximate surface area is 194 Å². The second-order valence-electron chi connectivity index (χ2n) is 7.17. The number of carbonyl (C=O) groups excluding carboxylic acids is 1. The maximum absolute atomic E-state index is 12.0. The SMILES string of the molecule is CN=C(NCCNC(=O)c1cccnc1)NCC1(c2cccs2)CCCCC1.I. The lowest BCUT2D eigenvalue weighted by molar-refractivity contribution is 0.0954. The molecular formula is C21H30IN5OS. The number of aliphatic imine (C=N–C) groups is 1. The lowest BCUT2D eigenvalue weighted by Crippen LogP contribution is -2.47. The van der Waals surface area contributed by atoms with E-state index in [-0.39, 0.29) is 35.3 Å². The highest BCUT2D eigenvalue weighted by Crippen LogP contribution is 2.41. The number of nitrogens with one attached hydrogen (secondary N) is 3. The summed E-state index contributed by atoms with van der Waals surface area (Å²) in [5, 5.41) is 11.9. The van der Waals surface area contributed by atoms with Crippen molar-refractivity contribution in [1.82, 2.24) is 20.9 Å². The van der Waals surface area contributed by atoms with Gasteiger partial charge in [0.2, 0.25) is 0 Å². The predicted molar refractivity (Wildman–Crippen MR) is 130 cm³/mol. The number of halogens is 1. The molecule has 0 atom stereocenters. The zero-order valence-corrected chi connectivity index (χ0v) is 20.0. The summed E-state index contributed by atoms with van der Waals surface area (Å²) >= 11 is 1.86. The van der Waals surface area contributed by atoms with Crippen molar-refractivity contribution in [3.05, 3.63) is 52.5 Å². The van der Waals surface area contributed by atoms with Crippen molar-refractivity contribution in [2.45, 2.75) is 37.5 Å². The molecule has 1 aliphatic carbocycles. The van der Waals surface area contributed by atoms with Crippen LogP contribution in [0.15, 0.2) is 47.0 Å². The van der Waals surface area contributed by atoms with Gasteiger partial charge in [0.25, 0.3) is 5.91 Å². The number of hydrogen-bond donors (Lipinski definition) is 3. The number of nitrogens with zero attached hydrogens (tertiary/aromatic N) is 2. The second kappa shape index (κ2) is 12.1. The second-order valence-corrected chi connectivity index (χ2v) is 8.12. The number of pyridine rings is 1. The van der Waals surface area contributed by atoms with Gasteiger partial charge in [0, 0.05) is 49.4 Å². The van der Waals surface area contributed by atoms with Gasteiger partial charge in [-0.3, -0.25) is 14.8 Å². The van der Waals surface area contributed by atoms with Crippen molar-refractivity contribution in [3.8, 4) is 0 Å². The van der Waals surface area contributed by atoms with Crippen LogP contribution in [0, 0.1) is 0 Å². The quantitative estimate of drug-likeness (QED) is 0.223. The standard InChI is InChI=1S/C21H29N5OS.HI/c1-22-20(25-13-12-24-19(27)17-7-5-11-23-15-17)26-16-21(9-3-2-4-10-21)18-8-6-14-28-18;/h5-8,11,14-15H,2-4,9-10,12-13,16H2,1H3,(H,24,27)(H2,22,25,26);1H. The van der Waals surface area contributed by atoms with Crippen LogP contribution in [0.3, 0.4) is 0 Å². The molecular weight excluding hydrogens is 497 g/mol. The highest BCUT2D eigenvalue weighted by atomic mass is 127. The minimum atomic E-state index is -0.114. The summed E-state index contributed by atoms with van der Waals surface area (Å²) < 4.78 is 0. The van der Waals surface area contributed by atoms with E-state index in [2.05, 4.69) is 43.4 Å². The molecule has 1 aliphatic rings. The lowest BCUT2D eigenvalue weighted by Gasteiger charge is -2.37. The van der Waals surface area contributed by atoms with E-state index in [9.17, 15) is 4.79 Å². The largest absolute Gasteiger partial charge is 0.355 e. The normalized spacial score (nSPS) is 15.8. The number of hydrogen-bond acceptors (Lipinski definition) is 4. The van der Waals surface area contributed by atoms with E-state index < -0.39 is 0 Å². The van der Waals surface area contributed by atoms with E-state index >= 15 is 0 Å². The Balaban J connectivity index is 0.00000300. The summed E-state index contributed by atoms with van der Waals surface area (Å²) in [6.07, 6.45) is 9.56. The van der Waals surface area contributed by atoms with Crippen LogP contribution in [0.25, 0.3) is 0 Å². The van der Waals surface area contributed by atoms with E-state index in [1.54, 1.807) is 31.6 Å². The summed E-state index contributed by atoms with van der Waals surface area (Å²) in [6, 6.07) is 7.92. The van der Waals surface area contributed by atoms with Crippen molar-refractivity contribution in [2.75, 3.05) is 26.7 Å². The molecule has 0 unspecified atom stereocenters. The molecule has 0 spiro atoms. The monoisotopic (exact) mass is 527 g/mol. The maximum Gasteiger partial charge on any atom is 0.252 e. The van der Waals surface area contributed by atoms with Gasteiger partial charge >= 0.3 is 0 Å². The van der Waals surface area contributed by atoms with Crippen LogP contribution in [0.5, 0.6) is 0 Å². The minimum Gasteiger partial charge on any atom is -0.355 e. The van der Waals surface area contributed by atoms with Crippen LogP contribution >= 0.6 is 35.3 Å². The first-order valence-electron chi connectivity index (χ1n) is 9.90. The summed E-state index contributed by atoms with van der Waals surface area (Å²) in [5.41, 5.74) is 0.777. The Morgan fingerprint density at radius 3 is 2.59 bits per heavy atom. The highest BCUT2D eigenvalue weighted by molar-refractivity contribution is 14.0. The van der Waals surface area contributed by atoms with Gasteiger partial charge < -0.3 is 16.0 Å². The predicted octanol–water partition coefficient (Wildman–Crippen LogP) is 3.56. The van der Waals surface area contributed by atoms with Crippen LogP contribution in [-0.4, -0.2) is 43.5 Å². The molecule has 0 aliphatic heterocycles. The third-order valence-electron chi connectivity index (χ3n) is 5.30. The summed E-state index contributed by atoms with van der Waals surface area (Å²) in [5.74, 6) is 0.661. The number of amides is 1. The fourth-order valence-electron chi connectivity index (χ4n) is 3.75. The molecule has 1 amide bonds. The van der Waals surface area contributed by atoms with Crippen molar-refractivity contribution in [2.24, 2.45) is 4.99 Å². The van der Waals surface area contributed by atoms with Crippen LogP contribution in [-0.2, 0) is 5.41 Å². The van der Waals surface area contributed by atoms with Crippen LogP contribution in [0.2, 0.25) is 0 Å². The topological polar surface area (TPSA) is 78.4 Å². The zero-order chi connectivity index (χ0) is 19.7. The molecule has 29 heavy (non-hydrogen) atoms. The number of thiophene rings is 1. The van der Waals surface area contributed by atoms with Gasteiger partial charge in [-0.15, -0.1) is 35.3 Å². The molecule has 3 N–H and O–H groups in total. The third kappa shape index (κ3) is 6.67. The number of guanidine groups is 1. The average molecular weight is 527 g/mol. The first-order valence-corrected chi connectivity index (χ1v) is 10.8. The molecule has 8 heteroatoms. The molecule has 1 fully saturated rings. The molecule has 0 bridgehead atoms. The Morgan fingerprint density at radius 1 is 1.14 bits per heavy atom. The van der Waals surface area contributed by atoms with Gasteiger partial charge in [-0.2, -0.15) is 0 Å². The fraction of sp³-hybridized carbons (Fsp3) is 0.476. The number of rotatable bonds is 7. The van der Waals surface area contributed by atoms with Gasteiger partial charge in [0.1, 0.15) is 0 Å². The lowest BCUT2D eigenvalue weighted by atomic mass is 9.73. The third-order valence-corrected chi connectivity index (χ3v) is 6.42. The first kappa shape index (κ1) is 23.6. The smallest absolute Gasteiger partial charge is 0.252 e. The first-order chi connectivity index (χ1) is 13.7. The molecule has 0 radical (unpaired) electrons. The molecule has 2 heterocycles. The Hall–Kier alpha value is -1.68. The highest BCUT2D eigenvalue weighted by Gasteiger charge is 2.34. The Bertz CT molecular complexity index is 761. The molecule has 6 nitrogen and oxygen atoms in total. The number of aromatic nitrogens is 1. The van der Waals surface area contributed by atoms with Gasteiger partial charge in [-0.1, -0.05) is 25.3 Å². The molecule has 2 aromatic rings. The van der Waals surface area contributed by atoms with E-state index in [1.807, 2.05) is 11.3 Å². The van der Waals surface area contributed by atoms with Crippen LogP contribution in [0.4, 0.5) is 0 Å². The van der Waals surface area contributed by atoms with Gasteiger partial charge in [-0.25, -0.2) is 0 Å². The Morgan fingerprint density at radius 2 is 1.93 bits per heavy atom. The Kier molecular flexibility index (Phi) is 9.86. The fourth-order valence-corrected chi connectivity index (χ4v) is 4.74. The van der Waals surface area contributed by atoms with E-state index in [0.29, 0.717) is 18.7 Å². The zero-order valence-electron chi connectivity index (χ0n) is 16.8. The summed E-state index contributed by atoms with van der Waals surface area (Å²) in [4.78, 5) is 21.8. The van der Waals surface area contributed by atoms with Crippen LogP contribution in [0.1, 0.15) is 47.3 Å². The van der Waals surface area contributed by atoms with E-state index in [1.165, 1.54) is 37.0 Å². The van der Waals surface area contributed by atoms with Crippen molar-refractivity contribution in [3.63, 3.8) is 0 Å². The molecule has 2 aromatic heterocycles. The van der Waals surface area contributed by atoms with Gasteiger partial charge in [-0.05, 0) is 36.4 Å². The molecule has 0 aromatic carbocycles. The van der Waals surface area contributed by atoms with Gasteiger partial charge in [0.15, 0.2) is 5.96 Å². The molecule has 3 rings (SSSR count).